The molecule has 0 nitrogen and oxygen atoms in total. The molecule has 0 aromatic rings. The van der Waals surface area contributed by atoms with Crippen LogP contribution in [0.3, 0.4) is 0 Å². The molecule has 0 saturated carbocycles. The second-order valence-electron chi connectivity index (χ2n) is 1.53. The smallest absolute Gasteiger partial charge is 0.0123 e. The van der Waals surface area contributed by atoms with Crippen molar-refractivity contribution in [2.24, 2.45) is 0 Å². The van der Waals surface area contributed by atoms with Gasteiger partial charge in [0.05, 0.1) is 0 Å². The van der Waals surface area contributed by atoms with E-state index in [9.17, 15) is 0 Å². The van der Waals surface area contributed by atoms with Crippen molar-refractivity contribution in [3.63, 3.8) is 0 Å². The molecule has 44 valence electrons. The van der Waals surface area contributed by atoms with Crippen LogP contribution >= 0.6 is 0 Å². The van der Waals surface area contributed by atoms with Gasteiger partial charge in [-0.2, -0.15) is 0 Å². The fourth-order valence-corrected chi connectivity index (χ4v) is 0.388. The highest BCUT2D eigenvalue weighted by molar-refractivity contribution is 4.98. The monoisotopic (exact) mass is 108 g/mol. The lowest BCUT2D eigenvalue weighted by atomic mass is 10.3. The molecule has 0 bridgehead atoms. The number of hydrogen-bond acceptors (Lipinski definition) is 0. The quantitative estimate of drug-likeness (QED) is 0.289. The summed E-state index contributed by atoms with van der Waals surface area (Å²) in [4.78, 5) is 0. The van der Waals surface area contributed by atoms with Gasteiger partial charge in [0.25, 0.3) is 0 Å². The first-order chi connectivity index (χ1) is 3.91. The third-order valence-corrected chi connectivity index (χ3v) is 0.775. The second kappa shape index (κ2) is 6.30. The molecule has 0 heterocycles. The topological polar surface area (TPSA) is 0 Å². The molecule has 0 saturated heterocycles. The molecule has 0 N–H and O–H groups in total. The standard InChI is InChI=1S/C8H12/c1-3-5-7-8-6-4-2/h3H,1,4-5,7H2,2H3. The Labute approximate surface area is 51.6 Å². The number of unbranched alkanes of at least 4 members (excludes halogenated alkanes) is 1. The molecule has 0 rings (SSSR count). The molecule has 0 aromatic carbocycles. The molecular formula is C8H12. The van der Waals surface area contributed by atoms with Crippen molar-refractivity contribution in [1.82, 2.24) is 0 Å². The van der Waals surface area contributed by atoms with Gasteiger partial charge in [0.2, 0.25) is 0 Å². The molecule has 0 fully saturated rings. The molecule has 0 heteroatoms. The van der Waals surface area contributed by atoms with Crippen molar-refractivity contribution >= 4 is 0 Å². The van der Waals surface area contributed by atoms with Crippen molar-refractivity contribution < 1.29 is 0 Å². The highest BCUT2D eigenvalue weighted by atomic mass is 13.7. The normalized spacial score (nSPS) is 7.12. The summed E-state index contributed by atoms with van der Waals surface area (Å²) in [6, 6.07) is 0. The lowest BCUT2D eigenvalue weighted by Gasteiger charge is -1.77. The zero-order chi connectivity index (χ0) is 6.24. The van der Waals surface area contributed by atoms with Crippen LogP contribution < -0.4 is 0 Å². The summed E-state index contributed by atoms with van der Waals surface area (Å²) in [7, 11) is 0. The van der Waals surface area contributed by atoms with Crippen molar-refractivity contribution in [3.05, 3.63) is 12.7 Å². The Balaban J connectivity index is 3.02. The Kier molecular flexibility index (Phi) is 5.75. The number of allylic oxidation sites excluding steroid dienone is 1. The molecule has 0 aliphatic heterocycles. The average molecular weight is 108 g/mol. The summed E-state index contributed by atoms with van der Waals surface area (Å²) in [6.07, 6.45) is 4.85. The van der Waals surface area contributed by atoms with Gasteiger partial charge in [0.15, 0.2) is 0 Å². The summed E-state index contributed by atoms with van der Waals surface area (Å²) in [6.45, 7) is 5.65. The molecule has 0 spiro atoms. The van der Waals surface area contributed by atoms with Gasteiger partial charge in [-0.15, -0.1) is 18.4 Å². The van der Waals surface area contributed by atoms with Gasteiger partial charge >= 0.3 is 0 Å². The minimum Gasteiger partial charge on any atom is -0.104 e. The summed E-state index contributed by atoms with van der Waals surface area (Å²) < 4.78 is 0. The summed E-state index contributed by atoms with van der Waals surface area (Å²) in [5, 5.41) is 0. The minimum atomic E-state index is 0.969. The van der Waals surface area contributed by atoms with Gasteiger partial charge in [-0.25, -0.2) is 0 Å². The molecule has 0 radical (unpaired) electrons. The lowest BCUT2D eigenvalue weighted by molar-refractivity contribution is 1.08. The van der Waals surface area contributed by atoms with Gasteiger partial charge < -0.3 is 0 Å². The molecule has 0 aliphatic carbocycles. The van der Waals surface area contributed by atoms with Crippen LogP contribution in [0.25, 0.3) is 0 Å². The molecule has 0 atom stereocenters. The minimum absolute atomic E-state index is 0.969. The van der Waals surface area contributed by atoms with E-state index in [1.54, 1.807) is 0 Å². The van der Waals surface area contributed by atoms with Crippen LogP contribution in [0.2, 0.25) is 0 Å². The second-order valence-corrected chi connectivity index (χ2v) is 1.53. The summed E-state index contributed by atoms with van der Waals surface area (Å²) >= 11 is 0. The molecule has 0 amide bonds. The van der Waals surface area contributed by atoms with E-state index < -0.39 is 0 Å². The fraction of sp³-hybridized carbons (Fsp3) is 0.500. The van der Waals surface area contributed by atoms with Gasteiger partial charge in [-0.1, -0.05) is 13.0 Å². The first-order valence-corrected chi connectivity index (χ1v) is 2.98. The van der Waals surface area contributed by atoms with E-state index in [1.807, 2.05) is 6.08 Å². The Morgan fingerprint density at radius 3 is 2.75 bits per heavy atom. The Morgan fingerprint density at radius 1 is 1.50 bits per heavy atom. The van der Waals surface area contributed by atoms with E-state index in [0.717, 1.165) is 19.3 Å². The summed E-state index contributed by atoms with van der Waals surface area (Å²) in [5.74, 6) is 6.00. The van der Waals surface area contributed by atoms with Crippen LogP contribution in [0.1, 0.15) is 26.2 Å². The predicted molar refractivity (Wildman–Crippen MR) is 37.5 cm³/mol. The molecule has 0 aliphatic rings. The van der Waals surface area contributed by atoms with Crippen LogP contribution in [0.15, 0.2) is 12.7 Å². The van der Waals surface area contributed by atoms with Crippen molar-refractivity contribution in [1.29, 1.82) is 0 Å². The maximum Gasteiger partial charge on any atom is 0.0123 e. The first kappa shape index (κ1) is 7.30. The third kappa shape index (κ3) is 5.30. The lowest BCUT2D eigenvalue weighted by Crippen LogP contribution is -1.61. The van der Waals surface area contributed by atoms with Gasteiger partial charge in [-0.05, 0) is 6.42 Å². The van der Waals surface area contributed by atoms with Crippen LogP contribution in [-0.4, -0.2) is 0 Å². The maximum absolute atomic E-state index is 3.59. The molecule has 0 aromatic heterocycles. The van der Waals surface area contributed by atoms with Crippen LogP contribution in [0.5, 0.6) is 0 Å². The Bertz CT molecular complexity index is 101. The zero-order valence-electron chi connectivity index (χ0n) is 5.41. The molecular weight excluding hydrogens is 96.1 g/mol. The van der Waals surface area contributed by atoms with Crippen molar-refractivity contribution in [3.8, 4) is 11.8 Å². The zero-order valence-corrected chi connectivity index (χ0v) is 5.41. The van der Waals surface area contributed by atoms with E-state index >= 15 is 0 Å². The predicted octanol–water partition coefficient (Wildman–Crippen LogP) is 2.37. The molecule has 0 unspecified atom stereocenters. The van der Waals surface area contributed by atoms with E-state index in [4.69, 9.17) is 0 Å². The fourth-order valence-electron chi connectivity index (χ4n) is 0.388. The number of rotatable bonds is 2. The third-order valence-electron chi connectivity index (χ3n) is 0.775. The van der Waals surface area contributed by atoms with Crippen molar-refractivity contribution in [2.75, 3.05) is 0 Å². The maximum atomic E-state index is 3.59. The van der Waals surface area contributed by atoms with Crippen LogP contribution in [0, 0.1) is 11.8 Å². The van der Waals surface area contributed by atoms with Gasteiger partial charge in [0.1, 0.15) is 0 Å². The largest absolute Gasteiger partial charge is 0.104 e. The van der Waals surface area contributed by atoms with E-state index in [1.165, 1.54) is 0 Å². The summed E-state index contributed by atoms with van der Waals surface area (Å²) in [5.41, 5.74) is 0. The average Bonchev–Trinajstić information content (AvgIpc) is 1.81. The molecule has 8 heavy (non-hydrogen) atoms. The van der Waals surface area contributed by atoms with E-state index in [-0.39, 0.29) is 0 Å². The highest BCUT2D eigenvalue weighted by Crippen LogP contribution is 1.84. The number of hydrogen-bond donors (Lipinski definition) is 0. The van der Waals surface area contributed by atoms with E-state index in [2.05, 4.69) is 25.3 Å². The first-order valence-electron chi connectivity index (χ1n) is 2.98. The van der Waals surface area contributed by atoms with Crippen LogP contribution in [-0.2, 0) is 0 Å². The van der Waals surface area contributed by atoms with E-state index in [0.29, 0.717) is 0 Å². The Morgan fingerprint density at radius 2 is 2.25 bits per heavy atom. The van der Waals surface area contributed by atoms with Crippen molar-refractivity contribution in [2.45, 2.75) is 26.2 Å². The SMILES string of the molecule is C=CCCC#CCC. The highest BCUT2D eigenvalue weighted by Gasteiger charge is 1.69. The van der Waals surface area contributed by atoms with Gasteiger partial charge in [0, 0.05) is 12.8 Å². The van der Waals surface area contributed by atoms with Gasteiger partial charge in [-0.3, -0.25) is 0 Å². The Hall–Kier alpha value is -0.700. The van der Waals surface area contributed by atoms with Crippen LogP contribution in [0.4, 0.5) is 0 Å².